The molecule has 0 spiro atoms. The Kier molecular flexibility index (Phi) is 3.95. The van der Waals surface area contributed by atoms with Crippen molar-refractivity contribution >= 4 is 33.4 Å². The van der Waals surface area contributed by atoms with Gasteiger partial charge in [0, 0.05) is 33.7 Å². The van der Waals surface area contributed by atoms with Gasteiger partial charge >= 0.3 is 6.18 Å². The number of alkyl halides is 3. The molecule has 0 bridgehead atoms. The van der Waals surface area contributed by atoms with E-state index < -0.39 is 29.0 Å². The number of hydrogen-bond acceptors (Lipinski definition) is 2. The molecule has 0 aliphatic carbocycles. The van der Waals surface area contributed by atoms with Crippen LogP contribution in [0.1, 0.15) is 16.1 Å². The summed E-state index contributed by atoms with van der Waals surface area (Å²) in [6.07, 6.45) is -3.32. The molecule has 2 heterocycles. The summed E-state index contributed by atoms with van der Waals surface area (Å²) in [6, 6.07) is 8.71. The first-order valence-corrected chi connectivity index (χ1v) is 8.04. The quantitative estimate of drug-likeness (QED) is 0.444. The highest BCUT2D eigenvalue weighted by atomic mass is 19.4. The monoisotopic (exact) mass is 389 g/mol. The van der Waals surface area contributed by atoms with Crippen molar-refractivity contribution in [2.75, 3.05) is 5.32 Å². The molecule has 0 aliphatic heterocycles. The molecule has 5 nitrogen and oxygen atoms in total. The Hall–Kier alpha value is -3.62. The number of anilines is 1. The molecule has 0 saturated heterocycles. The second-order valence-electron chi connectivity index (χ2n) is 6.16. The van der Waals surface area contributed by atoms with E-state index in [-0.39, 0.29) is 22.2 Å². The molecular formula is C19H11F4N3O2. The van der Waals surface area contributed by atoms with Crippen LogP contribution < -0.4 is 10.7 Å². The Morgan fingerprint density at radius 1 is 1.00 bits per heavy atom. The maximum atomic E-state index is 13.4. The highest BCUT2D eigenvalue weighted by molar-refractivity contribution is 6.06. The lowest BCUT2D eigenvalue weighted by atomic mass is 10.1. The van der Waals surface area contributed by atoms with E-state index in [9.17, 15) is 27.2 Å². The zero-order chi connectivity index (χ0) is 20.1. The zero-order valence-electron chi connectivity index (χ0n) is 13.9. The van der Waals surface area contributed by atoms with Crippen molar-refractivity contribution in [3.63, 3.8) is 0 Å². The van der Waals surface area contributed by atoms with Crippen LogP contribution in [0.2, 0.25) is 0 Å². The topological polar surface area (TPSA) is 77.8 Å². The van der Waals surface area contributed by atoms with Gasteiger partial charge < -0.3 is 15.3 Å². The van der Waals surface area contributed by atoms with Gasteiger partial charge in [-0.2, -0.15) is 13.2 Å². The lowest BCUT2D eigenvalue weighted by Gasteiger charge is -2.06. The first-order chi connectivity index (χ1) is 13.2. The second-order valence-corrected chi connectivity index (χ2v) is 6.16. The van der Waals surface area contributed by atoms with Crippen LogP contribution >= 0.6 is 0 Å². The minimum absolute atomic E-state index is 0.0160. The van der Waals surface area contributed by atoms with Gasteiger partial charge in [-0.1, -0.05) is 6.07 Å². The number of benzene rings is 2. The van der Waals surface area contributed by atoms with Gasteiger partial charge in [0.2, 0.25) is 5.43 Å². The summed E-state index contributed by atoms with van der Waals surface area (Å²) in [6.45, 7) is 0. The van der Waals surface area contributed by atoms with Gasteiger partial charge in [0.25, 0.3) is 5.91 Å². The maximum Gasteiger partial charge on any atom is 0.431 e. The largest absolute Gasteiger partial charge is 0.431 e. The fourth-order valence-electron chi connectivity index (χ4n) is 2.92. The van der Waals surface area contributed by atoms with E-state index in [1.807, 2.05) is 0 Å². The number of nitrogens with one attached hydrogen (secondary N) is 3. The molecule has 142 valence electrons. The van der Waals surface area contributed by atoms with Crippen LogP contribution in [0.5, 0.6) is 0 Å². The number of carbonyl (C=O) groups excluding carboxylic acids is 1. The third kappa shape index (κ3) is 3.11. The van der Waals surface area contributed by atoms with Crippen LogP contribution in [0.25, 0.3) is 21.8 Å². The normalized spacial score (nSPS) is 11.9. The Labute approximate surface area is 154 Å². The minimum Gasteiger partial charge on any atom is -0.360 e. The summed E-state index contributed by atoms with van der Waals surface area (Å²) >= 11 is 0. The molecule has 2 aromatic carbocycles. The fourth-order valence-corrected chi connectivity index (χ4v) is 2.92. The molecule has 2 aromatic heterocycles. The number of fused-ring (bicyclic) bond motifs is 2. The number of aromatic amines is 2. The van der Waals surface area contributed by atoms with Gasteiger partial charge in [-0.15, -0.1) is 0 Å². The second kappa shape index (κ2) is 6.22. The Morgan fingerprint density at radius 3 is 2.54 bits per heavy atom. The summed E-state index contributed by atoms with van der Waals surface area (Å²) in [5.41, 5.74) is -1.06. The molecule has 28 heavy (non-hydrogen) atoms. The van der Waals surface area contributed by atoms with Crippen molar-refractivity contribution in [3.05, 3.63) is 76.0 Å². The van der Waals surface area contributed by atoms with E-state index in [1.165, 1.54) is 36.5 Å². The zero-order valence-corrected chi connectivity index (χ0v) is 13.9. The van der Waals surface area contributed by atoms with E-state index in [2.05, 4.69) is 15.3 Å². The lowest BCUT2D eigenvalue weighted by molar-refractivity contribution is -0.140. The molecule has 9 heteroatoms. The van der Waals surface area contributed by atoms with Gasteiger partial charge in [-0.05, 0) is 36.4 Å². The van der Waals surface area contributed by atoms with Crippen molar-refractivity contribution in [3.8, 4) is 0 Å². The van der Waals surface area contributed by atoms with Crippen LogP contribution in [0.4, 0.5) is 23.2 Å². The molecule has 0 aliphatic rings. The van der Waals surface area contributed by atoms with Gasteiger partial charge in [0.05, 0.1) is 0 Å². The number of aromatic nitrogens is 2. The number of H-pyrrole nitrogens is 2. The number of hydrogen-bond donors (Lipinski definition) is 3. The standard InChI is InChI=1S/C19H11F4N3O2/c20-10-2-4-14-12(6-10)17(27)13(8-24-14)18(28)25-11-3-1-9-5-16(19(21,22)23)26-15(9)7-11/h1-8,26H,(H,24,27)(H,25,28). The predicted octanol–water partition coefficient (Wildman–Crippen LogP) is 4.42. The molecule has 4 rings (SSSR count). The molecule has 0 fully saturated rings. The van der Waals surface area contributed by atoms with Crippen LogP contribution in [0.3, 0.4) is 0 Å². The number of carbonyl (C=O) groups is 1. The van der Waals surface area contributed by atoms with Gasteiger partial charge in [0.1, 0.15) is 17.1 Å². The molecule has 1 amide bonds. The first kappa shape index (κ1) is 17.8. The Morgan fingerprint density at radius 2 is 1.79 bits per heavy atom. The van der Waals surface area contributed by atoms with E-state index in [4.69, 9.17) is 0 Å². The first-order valence-electron chi connectivity index (χ1n) is 8.04. The third-order valence-electron chi connectivity index (χ3n) is 4.27. The molecule has 0 saturated carbocycles. The van der Waals surface area contributed by atoms with Crippen LogP contribution in [0, 0.1) is 5.82 Å². The van der Waals surface area contributed by atoms with Crippen molar-refractivity contribution in [1.82, 2.24) is 9.97 Å². The fraction of sp³-hybridized carbons (Fsp3) is 0.0526. The molecule has 0 atom stereocenters. The van der Waals surface area contributed by atoms with Crippen LogP contribution in [0.15, 0.2) is 53.5 Å². The van der Waals surface area contributed by atoms with Crippen molar-refractivity contribution in [2.24, 2.45) is 0 Å². The molecule has 0 unspecified atom stereocenters. The average Bonchev–Trinajstić information content (AvgIpc) is 3.06. The smallest absolute Gasteiger partial charge is 0.360 e. The Bertz CT molecular complexity index is 1290. The summed E-state index contributed by atoms with van der Waals surface area (Å²) in [5, 5.41) is 2.80. The average molecular weight is 389 g/mol. The van der Waals surface area contributed by atoms with E-state index >= 15 is 0 Å². The van der Waals surface area contributed by atoms with Crippen molar-refractivity contribution < 1.29 is 22.4 Å². The van der Waals surface area contributed by atoms with Crippen LogP contribution in [-0.2, 0) is 6.18 Å². The number of halogens is 4. The maximum absolute atomic E-state index is 13.4. The molecule has 3 N–H and O–H groups in total. The SMILES string of the molecule is O=C(Nc1ccc2cc(C(F)(F)F)[nH]c2c1)c1c[nH]c2ccc(F)cc2c1=O. The number of pyridine rings is 1. The number of rotatable bonds is 2. The van der Waals surface area contributed by atoms with E-state index in [0.29, 0.717) is 10.9 Å². The van der Waals surface area contributed by atoms with Crippen LogP contribution in [-0.4, -0.2) is 15.9 Å². The van der Waals surface area contributed by atoms with Gasteiger partial charge in [0.15, 0.2) is 0 Å². The van der Waals surface area contributed by atoms with Gasteiger partial charge in [-0.3, -0.25) is 9.59 Å². The number of amides is 1. The van der Waals surface area contributed by atoms with Crippen molar-refractivity contribution in [1.29, 1.82) is 0 Å². The van der Waals surface area contributed by atoms with E-state index in [0.717, 1.165) is 12.1 Å². The molecule has 4 aromatic rings. The van der Waals surface area contributed by atoms with Crippen molar-refractivity contribution in [2.45, 2.75) is 6.18 Å². The highest BCUT2D eigenvalue weighted by Crippen LogP contribution is 2.31. The summed E-state index contributed by atoms with van der Waals surface area (Å²) < 4.78 is 51.8. The summed E-state index contributed by atoms with van der Waals surface area (Å²) in [7, 11) is 0. The summed E-state index contributed by atoms with van der Waals surface area (Å²) in [5.74, 6) is -1.39. The van der Waals surface area contributed by atoms with E-state index in [1.54, 1.807) is 0 Å². The minimum atomic E-state index is -4.52. The predicted molar refractivity (Wildman–Crippen MR) is 95.8 cm³/mol. The molecular weight excluding hydrogens is 378 g/mol. The summed E-state index contributed by atoms with van der Waals surface area (Å²) in [4.78, 5) is 29.9. The Balaban J connectivity index is 1.67. The highest BCUT2D eigenvalue weighted by Gasteiger charge is 2.32. The lowest BCUT2D eigenvalue weighted by Crippen LogP contribution is -2.22. The molecule has 0 radical (unpaired) electrons. The third-order valence-corrected chi connectivity index (χ3v) is 4.27. The van der Waals surface area contributed by atoms with Gasteiger partial charge in [-0.25, -0.2) is 4.39 Å².